The third-order valence-corrected chi connectivity index (χ3v) is 4.51. The smallest absolute Gasteiger partial charge is 0.317 e. The summed E-state index contributed by atoms with van der Waals surface area (Å²) in [6.07, 6.45) is 2.50. The third kappa shape index (κ3) is 3.98. The Morgan fingerprint density at radius 3 is 2.67 bits per heavy atom. The normalized spacial score (nSPS) is 15.5. The van der Waals surface area contributed by atoms with Crippen LogP contribution in [0.5, 0.6) is 0 Å². The Bertz CT molecular complexity index is 898. The first kappa shape index (κ1) is 19.4. The Balaban J connectivity index is 0.00000210. The highest BCUT2D eigenvalue weighted by molar-refractivity contribution is 5.85. The monoisotopic (exact) mass is 398 g/mol. The van der Waals surface area contributed by atoms with E-state index in [0.29, 0.717) is 17.2 Å². The molecule has 4 rings (SSSR count). The van der Waals surface area contributed by atoms with Gasteiger partial charge in [-0.05, 0) is 44.1 Å². The summed E-state index contributed by atoms with van der Waals surface area (Å²) >= 11 is 0. The van der Waals surface area contributed by atoms with Crippen molar-refractivity contribution in [2.45, 2.75) is 25.1 Å². The maximum Gasteiger partial charge on any atom is 0.416 e. The highest BCUT2D eigenvalue weighted by Gasteiger charge is 2.30. The molecule has 1 aliphatic rings. The lowest BCUT2D eigenvalue weighted by molar-refractivity contribution is -0.137. The first-order valence-corrected chi connectivity index (χ1v) is 8.36. The van der Waals surface area contributed by atoms with Crippen LogP contribution >= 0.6 is 12.4 Å². The molecule has 2 aromatic heterocycles. The highest BCUT2D eigenvalue weighted by atomic mass is 35.5. The van der Waals surface area contributed by atoms with E-state index in [1.807, 2.05) is 10.9 Å². The van der Waals surface area contributed by atoms with Gasteiger partial charge in [-0.25, -0.2) is 9.67 Å². The summed E-state index contributed by atoms with van der Waals surface area (Å²) < 4.78 is 42.4. The van der Waals surface area contributed by atoms with Gasteiger partial charge in [0.05, 0.1) is 17.8 Å². The Kier molecular flexibility index (Phi) is 5.52. The van der Waals surface area contributed by atoms with Gasteiger partial charge in [-0.1, -0.05) is 11.3 Å². The molecule has 3 aromatic rings. The SMILES string of the molecule is Cl.FC(F)(F)c1cccc(-n2ccnc2-c2cn(C3CCNCC3)nn2)c1. The lowest BCUT2D eigenvalue weighted by Crippen LogP contribution is -2.29. The van der Waals surface area contributed by atoms with Gasteiger partial charge < -0.3 is 5.32 Å². The van der Waals surface area contributed by atoms with Gasteiger partial charge in [-0.2, -0.15) is 13.2 Å². The fraction of sp³-hybridized carbons (Fsp3) is 0.353. The molecule has 144 valence electrons. The molecule has 1 aromatic carbocycles. The van der Waals surface area contributed by atoms with E-state index in [-0.39, 0.29) is 18.4 Å². The van der Waals surface area contributed by atoms with Crippen LogP contribution in [0.4, 0.5) is 13.2 Å². The summed E-state index contributed by atoms with van der Waals surface area (Å²) in [5.74, 6) is 0.463. The van der Waals surface area contributed by atoms with E-state index in [0.717, 1.165) is 38.1 Å². The second-order valence-electron chi connectivity index (χ2n) is 6.23. The Hall–Kier alpha value is -2.39. The van der Waals surface area contributed by atoms with Crippen LogP contribution in [0.1, 0.15) is 24.4 Å². The molecule has 0 amide bonds. The molecule has 3 heterocycles. The van der Waals surface area contributed by atoms with Crippen molar-refractivity contribution < 1.29 is 13.2 Å². The molecule has 0 atom stereocenters. The zero-order valence-electron chi connectivity index (χ0n) is 14.2. The van der Waals surface area contributed by atoms with Crippen LogP contribution in [0.3, 0.4) is 0 Å². The van der Waals surface area contributed by atoms with Crippen LogP contribution in [0.25, 0.3) is 17.2 Å². The van der Waals surface area contributed by atoms with Crippen LogP contribution in [0.2, 0.25) is 0 Å². The number of hydrogen-bond donors (Lipinski definition) is 1. The van der Waals surface area contributed by atoms with Gasteiger partial charge in [-0.3, -0.25) is 4.57 Å². The van der Waals surface area contributed by atoms with Crippen LogP contribution in [-0.4, -0.2) is 37.6 Å². The van der Waals surface area contributed by atoms with E-state index < -0.39 is 11.7 Å². The molecule has 1 aliphatic heterocycles. The van der Waals surface area contributed by atoms with Gasteiger partial charge in [0.15, 0.2) is 5.82 Å². The number of halogens is 4. The van der Waals surface area contributed by atoms with Gasteiger partial charge in [0.1, 0.15) is 5.69 Å². The molecule has 0 unspecified atom stereocenters. The maximum atomic E-state index is 13.0. The molecule has 0 bridgehead atoms. The molecule has 1 N–H and O–H groups in total. The number of imidazole rings is 1. The van der Waals surface area contributed by atoms with Crippen LogP contribution in [0, 0.1) is 0 Å². The number of nitrogens with zero attached hydrogens (tertiary/aromatic N) is 5. The first-order chi connectivity index (χ1) is 12.5. The Morgan fingerprint density at radius 1 is 1.15 bits per heavy atom. The Morgan fingerprint density at radius 2 is 1.93 bits per heavy atom. The van der Waals surface area contributed by atoms with E-state index in [4.69, 9.17) is 0 Å². The lowest BCUT2D eigenvalue weighted by Gasteiger charge is -2.22. The maximum absolute atomic E-state index is 13.0. The fourth-order valence-electron chi connectivity index (χ4n) is 3.16. The molecule has 1 fully saturated rings. The van der Waals surface area contributed by atoms with Crippen molar-refractivity contribution in [2.75, 3.05) is 13.1 Å². The summed E-state index contributed by atoms with van der Waals surface area (Å²) in [6, 6.07) is 5.41. The molecular weight excluding hydrogens is 381 g/mol. The quantitative estimate of drug-likeness (QED) is 0.733. The molecule has 1 saturated heterocycles. The van der Waals surface area contributed by atoms with Gasteiger partial charge in [0, 0.05) is 18.1 Å². The molecule has 0 aliphatic carbocycles. The van der Waals surface area contributed by atoms with Crippen LogP contribution in [-0.2, 0) is 6.18 Å². The number of piperidine rings is 1. The lowest BCUT2D eigenvalue weighted by atomic mass is 10.1. The van der Waals surface area contributed by atoms with Gasteiger partial charge in [0.2, 0.25) is 0 Å². The van der Waals surface area contributed by atoms with Crippen molar-refractivity contribution in [2.24, 2.45) is 0 Å². The topological polar surface area (TPSA) is 60.6 Å². The molecule has 0 saturated carbocycles. The van der Waals surface area contributed by atoms with Crippen molar-refractivity contribution in [1.82, 2.24) is 29.9 Å². The molecule has 6 nitrogen and oxygen atoms in total. The molecule has 27 heavy (non-hydrogen) atoms. The number of rotatable bonds is 3. The average Bonchev–Trinajstić information content (AvgIpc) is 3.31. The fourth-order valence-corrected chi connectivity index (χ4v) is 3.16. The number of nitrogens with one attached hydrogen (secondary N) is 1. The minimum atomic E-state index is -4.39. The molecule has 0 spiro atoms. The van der Waals surface area contributed by atoms with Gasteiger partial charge in [0.25, 0.3) is 0 Å². The highest BCUT2D eigenvalue weighted by Crippen LogP contribution is 2.31. The van der Waals surface area contributed by atoms with E-state index >= 15 is 0 Å². The average molecular weight is 399 g/mol. The molecule has 0 radical (unpaired) electrons. The van der Waals surface area contributed by atoms with Crippen molar-refractivity contribution in [3.05, 3.63) is 48.4 Å². The second kappa shape index (κ2) is 7.69. The number of alkyl halides is 3. The van der Waals surface area contributed by atoms with Crippen molar-refractivity contribution >= 4 is 12.4 Å². The Labute approximate surface area is 159 Å². The predicted molar refractivity (Wildman–Crippen MR) is 96.0 cm³/mol. The van der Waals surface area contributed by atoms with E-state index in [9.17, 15) is 13.2 Å². The van der Waals surface area contributed by atoms with E-state index in [2.05, 4.69) is 20.6 Å². The minimum Gasteiger partial charge on any atom is -0.317 e. The predicted octanol–water partition coefficient (Wildman–Crippen LogP) is 3.50. The number of hydrogen-bond acceptors (Lipinski definition) is 4. The van der Waals surface area contributed by atoms with Crippen molar-refractivity contribution in [3.8, 4) is 17.2 Å². The number of benzene rings is 1. The zero-order chi connectivity index (χ0) is 18.1. The molecular formula is C17H18ClF3N6. The van der Waals surface area contributed by atoms with Gasteiger partial charge >= 0.3 is 6.18 Å². The van der Waals surface area contributed by atoms with Gasteiger partial charge in [-0.15, -0.1) is 17.5 Å². The standard InChI is InChI=1S/C17H17F3N6.ClH/c18-17(19,20)12-2-1-3-14(10-12)25-9-8-22-16(25)15-11-26(24-23-15)13-4-6-21-7-5-13;/h1-3,8-11,13,21H,4-7H2;1H. The summed E-state index contributed by atoms with van der Waals surface area (Å²) in [6.45, 7) is 1.86. The second-order valence-corrected chi connectivity index (χ2v) is 6.23. The third-order valence-electron chi connectivity index (χ3n) is 4.51. The summed E-state index contributed by atoms with van der Waals surface area (Å²) in [5.41, 5.74) is 0.211. The summed E-state index contributed by atoms with van der Waals surface area (Å²) in [4.78, 5) is 4.27. The largest absolute Gasteiger partial charge is 0.416 e. The van der Waals surface area contributed by atoms with E-state index in [1.165, 1.54) is 6.07 Å². The summed E-state index contributed by atoms with van der Waals surface area (Å²) in [5, 5.41) is 11.7. The van der Waals surface area contributed by atoms with Crippen LogP contribution < -0.4 is 5.32 Å². The molecule has 10 heteroatoms. The van der Waals surface area contributed by atoms with Crippen molar-refractivity contribution in [1.29, 1.82) is 0 Å². The minimum absolute atomic E-state index is 0. The van der Waals surface area contributed by atoms with E-state index in [1.54, 1.807) is 23.0 Å². The first-order valence-electron chi connectivity index (χ1n) is 8.36. The van der Waals surface area contributed by atoms with Crippen LogP contribution in [0.15, 0.2) is 42.9 Å². The zero-order valence-corrected chi connectivity index (χ0v) is 15.0. The summed E-state index contributed by atoms with van der Waals surface area (Å²) in [7, 11) is 0. The van der Waals surface area contributed by atoms with Crippen molar-refractivity contribution in [3.63, 3.8) is 0 Å². The number of aromatic nitrogens is 5.